The number of rotatable bonds is 0. The van der Waals surface area contributed by atoms with Crippen molar-refractivity contribution in [2.45, 2.75) is 31.4 Å². The van der Waals surface area contributed by atoms with E-state index in [-0.39, 0.29) is 16.3 Å². The van der Waals surface area contributed by atoms with Crippen molar-refractivity contribution in [2.75, 3.05) is 0 Å². The zero-order chi connectivity index (χ0) is 14.3. The minimum Gasteiger partial charge on any atom is -0.513 e. The molecule has 19 heavy (non-hydrogen) atoms. The number of aliphatic hydroxyl groups is 1. The number of nitrogens with one attached hydrogen (secondary N) is 1. The lowest BCUT2D eigenvalue weighted by molar-refractivity contribution is -0.122. The van der Waals surface area contributed by atoms with E-state index in [4.69, 9.17) is 5.84 Å². The molecule has 1 spiro atoms. The first-order valence-corrected chi connectivity index (χ1v) is 6.72. The highest BCUT2D eigenvalue weighted by Gasteiger charge is 2.52. The molecule has 0 radical (unpaired) electrons. The van der Waals surface area contributed by atoms with Gasteiger partial charge < -0.3 is 16.3 Å². The second-order valence-electron chi connectivity index (χ2n) is 5.70. The van der Waals surface area contributed by atoms with E-state index in [0.717, 1.165) is 0 Å². The molecule has 1 amide bonds. The van der Waals surface area contributed by atoms with Crippen LogP contribution in [-0.2, 0) is 4.79 Å². The van der Waals surface area contributed by atoms with Crippen molar-refractivity contribution in [3.8, 4) is 6.07 Å². The minimum absolute atomic E-state index is 0.196. The molecule has 1 fully saturated rings. The van der Waals surface area contributed by atoms with Crippen molar-refractivity contribution in [3.05, 3.63) is 11.8 Å². The summed E-state index contributed by atoms with van der Waals surface area (Å²) in [5.74, 6) is 4.14. The van der Waals surface area contributed by atoms with Crippen LogP contribution < -0.4 is 11.2 Å². The molecule has 102 valence electrons. The predicted molar refractivity (Wildman–Crippen MR) is 72.9 cm³/mol. The Bertz CT molecular complexity index is 520. The largest absolute Gasteiger partial charge is 0.513 e. The Labute approximate surface area is 115 Å². The summed E-state index contributed by atoms with van der Waals surface area (Å²) in [7, 11) is 0. The monoisotopic (exact) mass is 280 g/mol. The van der Waals surface area contributed by atoms with E-state index in [2.05, 4.69) is 10.4 Å². The number of aliphatic hydroxyl groups excluding tert-OH is 1. The van der Waals surface area contributed by atoms with Gasteiger partial charge in [-0.05, 0) is 17.9 Å². The minimum atomic E-state index is -0.871. The molecule has 0 aromatic carbocycles. The van der Waals surface area contributed by atoms with E-state index in [0.29, 0.717) is 12.8 Å². The smallest absolute Gasteiger partial charge is 0.245 e. The van der Waals surface area contributed by atoms with Crippen molar-refractivity contribution < 1.29 is 9.90 Å². The zero-order valence-electron chi connectivity index (χ0n) is 10.8. The van der Waals surface area contributed by atoms with Crippen LogP contribution in [0.5, 0.6) is 0 Å². The molecule has 7 heteroatoms. The van der Waals surface area contributed by atoms with Crippen LogP contribution in [-0.4, -0.2) is 20.9 Å². The van der Waals surface area contributed by atoms with Crippen molar-refractivity contribution >= 4 is 22.8 Å². The molecule has 0 aromatic rings. The lowest BCUT2D eigenvalue weighted by Crippen LogP contribution is -2.54. The molecule has 1 aliphatic heterocycles. The Morgan fingerprint density at radius 2 is 2.37 bits per heavy atom. The van der Waals surface area contributed by atoms with Gasteiger partial charge in [-0.3, -0.25) is 4.79 Å². The van der Waals surface area contributed by atoms with Crippen molar-refractivity contribution in [1.82, 2.24) is 5.32 Å². The molecular weight excluding hydrogens is 264 g/mol. The Balaban J connectivity index is 2.51. The van der Waals surface area contributed by atoms with E-state index in [1.165, 1.54) is 11.8 Å². The summed E-state index contributed by atoms with van der Waals surface area (Å²) in [5, 5.41) is 25.5. The summed E-state index contributed by atoms with van der Waals surface area (Å²) in [4.78, 5) is 12.0. The molecule has 0 aromatic heterocycles. The molecule has 1 heterocycles. The summed E-state index contributed by atoms with van der Waals surface area (Å²) in [6.07, 6.45) is 2.74. The summed E-state index contributed by atoms with van der Waals surface area (Å²) < 4.78 is -0.804. The van der Waals surface area contributed by atoms with Gasteiger partial charge in [-0.1, -0.05) is 25.6 Å². The number of thioether (sulfide) groups is 1. The molecule has 0 saturated carbocycles. The van der Waals surface area contributed by atoms with Crippen LogP contribution in [0.3, 0.4) is 0 Å². The number of carbonyl (C=O) groups is 1. The molecule has 1 saturated heterocycles. The topological polar surface area (TPSA) is 112 Å². The third kappa shape index (κ3) is 2.40. The van der Waals surface area contributed by atoms with Crippen molar-refractivity contribution in [2.24, 2.45) is 22.3 Å². The molecule has 2 atom stereocenters. The Hall–Kier alpha value is -1.68. The number of nitriles is 1. The highest BCUT2D eigenvalue weighted by atomic mass is 32.2. The maximum Gasteiger partial charge on any atom is 0.245 e. The van der Waals surface area contributed by atoms with E-state index < -0.39 is 16.6 Å². The summed E-state index contributed by atoms with van der Waals surface area (Å²) in [6.45, 7) is 4.00. The first kappa shape index (κ1) is 13.7. The highest BCUT2D eigenvalue weighted by molar-refractivity contribution is 8.15. The Morgan fingerprint density at radius 1 is 1.68 bits per heavy atom. The molecule has 2 rings (SSSR count). The number of nitrogens with zero attached hydrogens (tertiary/aromatic N) is 2. The van der Waals surface area contributed by atoms with E-state index in [1.807, 2.05) is 19.9 Å². The molecular formula is C12H16N4O2S. The molecule has 6 nitrogen and oxygen atoms in total. The molecule has 0 bridgehead atoms. The lowest BCUT2D eigenvalue weighted by atomic mass is 9.70. The number of allylic oxidation sites excluding steroid dienone is 1. The fourth-order valence-corrected chi connectivity index (χ4v) is 4.33. The van der Waals surface area contributed by atoms with Crippen LogP contribution in [0.4, 0.5) is 0 Å². The lowest BCUT2D eigenvalue weighted by Gasteiger charge is -2.45. The average Bonchev–Trinajstić information content (AvgIpc) is 2.25. The second-order valence-corrected chi connectivity index (χ2v) is 7.05. The summed E-state index contributed by atoms with van der Waals surface area (Å²) >= 11 is 1.23. The van der Waals surface area contributed by atoms with Crippen LogP contribution in [0.25, 0.3) is 0 Å². The van der Waals surface area contributed by atoms with Crippen LogP contribution in [0, 0.1) is 22.7 Å². The molecule has 2 aliphatic rings. The number of hydrogen-bond donors (Lipinski definition) is 3. The van der Waals surface area contributed by atoms with Gasteiger partial charge in [0.1, 0.15) is 5.92 Å². The quantitative estimate of drug-likeness (QED) is 0.456. The van der Waals surface area contributed by atoms with E-state index in [9.17, 15) is 15.2 Å². The van der Waals surface area contributed by atoms with E-state index >= 15 is 0 Å². The van der Waals surface area contributed by atoms with Crippen LogP contribution in [0.1, 0.15) is 26.7 Å². The SMILES string of the molecule is CC1(C)CC(O)=CC2(C1)S/C(=N\N)NC(=O)C2C#N. The van der Waals surface area contributed by atoms with Gasteiger partial charge in [0, 0.05) is 6.42 Å². The first-order valence-electron chi connectivity index (χ1n) is 5.90. The van der Waals surface area contributed by atoms with Gasteiger partial charge in [-0.15, -0.1) is 0 Å². The van der Waals surface area contributed by atoms with Crippen molar-refractivity contribution in [3.63, 3.8) is 0 Å². The number of nitrogens with two attached hydrogens (primary N) is 1. The summed E-state index contributed by atoms with van der Waals surface area (Å²) in [5.41, 5.74) is -0.196. The van der Waals surface area contributed by atoms with Gasteiger partial charge in [-0.2, -0.15) is 10.4 Å². The maximum atomic E-state index is 12.0. The van der Waals surface area contributed by atoms with Crippen LogP contribution in [0.2, 0.25) is 0 Å². The van der Waals surface area contributed by atoms with E-state index in [1.54, 1.807) is 6.08 Å². The summed E-state index contributed by atoms with van der Waals surface area (Å²) in [6, 6.07) is 2.03. The van der Waals surface area contributed by atoms with Gasteiger partial charge in [-0.25, -0.2) is 0 Å². The number of amides is 1. The van der Waals surface area contributed by atoms with Crippen LogP contribution in [0.15, 0.2) is 16.9 Å². The molecule has 4 N–H and O–H groups in total. The fraction of sp³-hybridized carbons (Fsp3) is 0.583. The van der Waals surface area contributed by atoms with Gasteiger partial charge in [0.15, 0.2) is 5.17 Å². The van der Waals surface area contributed by atoms with Crippen LogP contribution >= 0.6 is 11.8 Å². The standard InChI is InChI=1S/C12H16N4O2S/c1-11(2)3-7(17)4-12(6-11)8(5-13)9(18)15-10(16-14)19-12/h4,8,17H,3,6,14H2,1-2H3,(H,15,16,18). The average molecular weight is 280 g/mol. The predicted octanol–water partition coefficient (Wildman–Crippen LogP) is 1.22. The maximum absolute atomic E-state index is 12.0. The normalized spacial score (nSPS) is 35.6. The Kier molecular flexibility index (Phi) is 3.22. The molecule has 2 unspecified atom stereocenters. The third-order valence-electron chi connectivity index (χ3n) is 3.34. The van der Waals surface area contributed by atoms with Gasteiger partial charge >= 0.3 is 0 Å². The molecule has 1 aliphatic carbocycles. The second kappa shape index (κ2) is 4.46. The first-order chi connectivity index (χ1) is 8.82. The zero-order valence-corrected chi connectivity index (χ0v) is 11.6. The number of hydrazone groups is 1. The third-order valence-corrected chi connectivity index (χ3v) is 4.62. The fourth-order valence-electron chi connectivity index (χ4n) is 2.83. The van der Waals surface area contributed by atoms with Gasteiger partial charge in [0.25, 0.3) is 0 Å². The number of amidine groups is 1. The highest BCUT2D eigenvalue weighted by Crippen LogP contribution is 2.51. The van der Waals surface area contributed by atoms with Gasteiger partial charge in [0.2, 0.25) is 5.91 Å². The number of carbonyl (C=O) groups excluding carboxylic acids is 1. The van der Waals surface area contributed by atoms with Gasteiger partial charge in [0.05, 0.1) is 16.6 Å². The van der Waals surface area contributed by atoms with Crippen molar-refractivity contribution in [1.29, 1.82) is 5.26 Å². The Morgan fingerprint density at radius 3 is 2.89 bits per heavy atom. The number of hydrogen-bond acceptors (Lipinski definition) is 6.